The lowest BCUT2D eigenvalue weighted by Crippen LogP contribution is -2.43. The highest BCUT2D eigenvalue weighted by Gasteiger charge is 2.32. The average molecular weight is 501 g/mol. The Balaban J connectivity index is 1.47. The number of methoxy groups -OCH3 is 2. The fourth-order valence-electron chi connectivity index (χ4n) is 4.10. The standard InChI is InChI=1S/C24H28N4O6S/c1-4-18-7-5-6-12-28(18)35(30,31)21-10-8-16(9-11-21)22(29)25-24-27-26-23(34-24)17-13-19(32-2)15-20(14-17)33-3/h8-11,13-15,18H,4-7,12H2,1-3H3,(H,25,27,29). The maximum absolute atomic E-state index is 13.1. The van der Waals surface area contributed by atoms with E-state index in [1.807, 2.05) is 6.92 Å². The molecule has 4 rings (SSSR count). The van der Waals surface area contributed by atoms with Crippen molar-refractivity contribution in [3.8, 4) is 23.0 Å². The van der Waals surface area contributed by atoms with Crippen LogP contribution in [0.5, 0.6) is 11.5 Å². The van der Waals surface area contributed by atoms with Crippen LogP contribution in [0.1, 0.15) is 43.0 Å². The third kappa shape index (κ3) is 5.30. The number of amides is 1. The van der Waals surface area contributed by atoms with Crippen LogP contribution in [0.3, 0.4) is 0 Å². The summed E-state index contributed by atoms with van der Waals surface area (Å²) in [6.45, 7) is 2.52. The van der Waals surface area contributed by atoms with Crippen LogP contribution in [-0.2, 0) is 10.0 Å². The Morgan fingerprint density at radius 3 is 2.40 bits per heavy atom. The SMILES string of the molecule is CCC1CCCCN1S(=O)(=O)c1ccc(C(=O)Nc2nnc(-c3cc(OC)cc(OC)c3)o2)cc1. The number of anilines is 1. The van der Waals surface area contributed by atoms with Gasteiger partial charge in [0.05, 0.1) is 19.1 Å². The molecule has 2 aromatic carbocycles. The fraction of sp³-hybridized carbons (Fsp3) is 0.375. The molecule has 0 spiro atoms. The summed E-state index contributed by atoms with van der Waals surface area (Å²) in [4.78, 5) is 12.9. The van der Waals surface area contributed by atoms with Gasteiger partial charge < -0.3 is 13.9 Å². The molecule has 10 nitrogen and oxygen atoms in total. The Labute approximate surface area is 204 Å². The van der Waals surface area contributed by atoms with Crippen LogP contribution in [0.15, 0.2) is 51.8 Å². The van der Waals surface area contributed by atoms with Crippen LogP contribution in [0.2, 0.25) is 0 Å². The van der Waals surface area contributed by atoms with Gasteiger partial charge >= 0.3 is 6.01 Å². The van der Waals surface area contributed by atoms with E-state index in [1.165, 1.54) is 38.5 Å². The van der Waals surface area contributed by atoms with Gasteiger partial charge in [-0.25, -0.2) is 8.42 Å². The van der Waals surface area contributed by atoms with Gasteiger partial charge in [-0.3, -0.25) is 10.1 Å². The molecule has 0 aliphatic carbocycles. The molecule has 186 valence electrons. The van der Waals surface area contributed by atoms with E-state index >= 15 is 0 Å². The molecule has 1 N–H and O–H groups in total. The molecular weight excluding hydrogens is 472 g/mol. The van der Waals surface area contributed by atoms with Crippen molar-refractivity contribution in [1.29, 1.82) is 0 Å². The number of ether oxygens (including phenoxy) is 2. The molecule has 1 atom stereocenters. The summed E-state index contributed by atoms with van der Waals surface area (Å²) in [5.41, 5.74) is 0.823. The molecule has 1 aromatic heterocycles. The van der Waals surface area contributed by atoms with Gasteiger partial charge in [0.2, 0.25) is 15.9 Å². The molecule has 0 saturated carbocycles. The predicted molar refractivity (Wildman–Crippen MR) is 129 cm³/mol. The molecule has 35 heavy (non-hydrogen) atoms. The molecule has 1 saturated heterocycles. The molecule has 2 heterocycles. The van der Waals surface area contributed by atoms with Crippen molar-refractivity contribution in [2.75, 3.05) is 26.1 Å². The van der Waals surface area contributed by atoms with E-state index in [1.54, 1.807) is 22.5 Å². The normalized spacial score (nSPS) is 16.6. The Morgan fingerprint density at radius 2 is 1.77 bits per heavy atom. The third-order valence-electron chi connectivity index (χ3n) is 6.01. The average Bonchev–Trinajstić information content (AvgIpc) is 3.36. The molecule has 1 aliphatic heterocycles. The number of benzene rings is 2. The Bertz CT molecular complexity index is 1270. The van der Waals surface area contributed by atoms with Crippen molar-refractivity contribution < 1.29 is 27.1 Å². The number of sulfonamides is 1. The van der Waals surface area contributed by atoms with Crippen LogP contribution < -0.4 is 14.8 Å². The first-order valence-corrected chi connectivity index (χ1v) is 12.8. The van der Waals surface area contributed by atoms with Gasteiger partial charge in [0.15, 0.2) is 0 Å². The second-order valence-corrected chi connectivity index (χ2v) is 10.1. The van der Waals surface area contributed by atoms with Gasteiger partial charge in [-0.05, 0) is 55.7 Å². The zero-order valence-electron chi connectivity index (χ0n) is 19.9. The summed E-state index contributed by atoms with van der Waals surface area (Å²) >= 11 is 0. The molecular formula is C24H28N4O6S. The maximum atomic E-state index is 13.1. The number of nitrogens with one attached hydrogen (secondary N) is 1. The summed E-state index contributed by atoms with van der Waals surface area (Å²) in [6, 6.07) is 10.9. The van der Waals surface area contributed by atoms with Gasteiger partial charge in [-0.2, -0.15) is 4.31 Å². The van der Waals surface area contributed by atoms with E-state index in [0.29, 0.717) is 23.6 Å². The number of piperidine rings is 1. The van der Waals surface area contributed by atoms with Crippen molar-refractivity contribution in [2.24, 2.45) is 0 Å². The molecule has 3 aromatic rings. The number of aromatic nitrogens is 2. The van der Waals surface area contributed by atoms with E-state index in [9.17, 15) is 13.2 Å². The number of nitrogens with zero attached hydrogens (tertiary/aromatic N) is 3. The number of carbonyl (C=O) groups excluding carboxylic acids is 1. The lowest BCUT2D eigenvalue weighted by molar-refractivity contribution is 0.102. The zero-order chi connectivity index (χ0) is 25.0. The summed E-state index contributed by atoms with van der Waals surface area (Å²) in [5.74, 6) is 0.767. The minimum absolute atomic E-state index is 0.00741. The van der Waals surface area contributed by atoms with E-state index in [-0.39, 0.29) is 28.4 Å². The van der Waals surface area contributed by atoms with Crippen molar-refractivity contribution in [3.05, 3.63) is 48.0 Å². The monoisotopic (exact) mass is 500 g/mol. The number of carbonyl (C=O) groups is 1. The van der Waals surface area contributed by atoms with Gasteiger partial charge in [0, 0.05) is 29.8 Å². The third-order valence-corrected chi connectivity index (χ3v) is 7.98. The van der Waals surface area contributed by atoms with Crippen molar-refractivity contribution in [1.82, 2.24) is 14.5 Å². The minimum atomic E-state index is -3.62. The maximum Gasteiger partial charge on any atom is 0.322 e. The van der Waals surface area contributed by atoms with Crippen molar-refractivity contribution in [3.63, 3.8) is 0 Å². The fourth-order valence-corrected chi connectivity index (χ4v) is 5.87. The molecule has 1 unspecified atom stereocenters. The highest BCUT2D eigenvalue weighted by Crippen LogP contribution is 2.30. The Kier molecular flexibility index (Phi) is 7.37. The largest absolute Gasteiger partial charge is 0.497 e. The van der Waals surface area contributed by atoms with Gasteiger partial charge in [0.25, 0.3) is 5.91 Å². The number of rotatable bonds is 8. The summed E-state index contributed by atoms with van der Waals surface area (Å²) in [7, 11) is -0.561. The highest BCUT2D eigenvalue weighted by atomic mass is 32.2. The second kappa shape index (κ2) is 10.4. The van der Waals surface area contributed by atoms with Gasteiger partial charge in [-0.15, -0.1) is 5.10 Å². The first-order valence-electron chi connectivity index (χ1n) is 11.4. The number of hydrogen-bond acceptors (Lipinski definition) is 8. The molecule has 0 radical (unpaired) electrons. The van der Waals surface area contributed by atoms with Gasteiger partial charge in [0.1, 0.15) is 11.5 Å². The first-order chi connectivity index (χ1) is 16.8. The van der Waals surface area contributed by atoms with Crippen molar-refractivity contribution >= 4 is 21.9 Å². The molecule has 1 aliphatic rings. The zero-order valence-corrected chi connectivity index (χ0v) is 20.7. The minimum Gasteiger partial charge on any atom is -0.497 e. The topological polar surface area (TPSA) is 124 Å². The molecule has 1 amide bonds. The van der Waals surface area contributed by atoms with Crippen molar-refractivity contribution in [2.45, 2.75) is 43.5 Å². The van der Waals surface area contributed by atoms with Crippen LogP contribution in [0, 0.1) is 0 Å². The number of hydrogen-bond donors (Lipinski definition) is 1. The quantitative estimate of drug-likeness (QED) is 0.493. The highest BCUT2D eigenvalue weighted by molar-refractivity contribution is 7.89. The van der Waals surface area contributed by atoms with E-state index < -0.39 is 15.9 Å². The van der Waals surface area contributed by atoms with Crippen LogP contribution in [0.25, 0.3) is 11.5 Å². The lowest BCUT2D eigenvalue weighted by atomic mass is 10.0. The van der Waals surface area contributed by atoms with Crippen LogP contribution in [-0.4, -0.2) is 55.6 Å². The Morgan fingerprint density at radius 1 is 1.09 bits per heavy atom. The van der Waals surface area contributed by atoms with Crippen LogP contribution >= 0.6 is 0 Å². The smallest absolute Gasteiger partial charge is 0.322 e. The predicted octanol–water partition coefficient (Wildman–Crippen LogP) is 3.96. The Hall–Kier alpha value is -3.44. The van der Waals surface area contributed by atoms with Crippen LogP contribution in [0.4, 0.5) is 6.01 Å². The first kappa shape index (κ1) is 24.7. The molecule has 0 bridgehead atoms. The summed E-state index contributed by atoms with van der Waals surface area (Å²) < 4.78 is 43.9. The summed E-state index contributed by atoms with van der Waals surface area (Å²) in [6.07, 6.45) is 3.52. The molecule has 11 heteroatoms. The molecule has 1 fully saturated rings. The van der Waals surface area contributed by atoms with E-state index in [2.05, 4.69) is 15.5 Å². The lowest BCUT2D eigenvalue weighted by Gasteiger charge is -2.34. The van der Waals surface area contributed by atoms with Gasteiger partial charge in [-0.1, -0.05) is 18.4 Å². The summed E-state index contributed by atoms with van der Waals surface area (Å²) in [5, 5.41) is 10.4. The van der Waals surface area contributed by atoms with E-state index in [0.717, 1.165) is 25.7 Å². The van der Waals surface area contributed by atoms with E-state index in [4.69, 9.17) is 13.9 Å². The second-order valence-electron chi connectivity index (χ2n) is 8.17.